The maximum atomic E-state index is 14.0. The molecule has 0 atom stereocenters. The van der Waals surface area contributed by atoms with Gasteiger partial charge in [-0.3, -0.25) is 14.4 Å². The van der Waals surface area contributed by atoms with Crippen LogP contribution in [0.15, 0.2) is 71.7 Å². The minimum absolute atomic E-state index is 0.0147. The number of amides is 1. The van der Waals surface area contributed by atoms with Crippen molar-refractivity contribution in [3.8, 4) is 11.5 Å². The van der Waals surface area contributed by atoms with Gasteiger partial charge in [0.1, 0.15) is 23.9 Å². The van der Waals surface area contributed by atoms with Crippen LogP contribution in [0.5, 0.6) is 11.5 Å². The van der Waals surface area contributed by atoms with Crippen molar-refractivity contribution in [3.05, 3.63) is 99.6 Å². The van der Waals surface area contributed by atoms with Gasteiger partial charge in [-0.15, -0.1) is 0 Å². The number of pyridine rings is 1. The highest BCUT2D eigenvalue weighted by molar-refractivity contribution is 6.10. The van der Waals surface area contributed by atoms with Gasteiger partial charge >= 0.3 is 0 Å². The van der Waals surface area contributed by atoms with E-state index in [0.29, 0.717) is 28.3 Å². The highest BCUT2D eigenvalue weighted by atomic mass is 19.1. The number of carbonyl (C=O) groups excluding carboxylic acids is 2. The third kappa shape index (κ3) is 4.98. The zero-order chi connectivity index (χ0) is 25.8. The Hall–Kier alpha value is -4.46. The van der Waals surface area contributed by atoms with E-state index in [9.17, 15) is 18.8 Å². The van der Waals surface area contributed by atoms with Crippen LogP contribution in [0.25, 0.3) is 10.9 Å². The molecule has 0 aliphatic carbocycles. The Kier molecular flexibility index (Phi) is 7.15. The number of anilines is 1. The van der Waals surface area contributed by atoms with Crippen LogP contribution in [0, 0.1) is 5.82 Å². The molecule has 0 fully saturated rings. The number of carbonyl (C=O) groups is 2. The number of fused-ring (bicyclic) bond motifs is 1. The summed E-state index contributed by atoms with van der Waals surface area (Å²) < 4.78 is 26.0. The van der Waals surface area contributed by atoms with Crippen LogP contribution in [0.2, 0.25) is 0 Å². The molecular formula is C28H25FN2O5. The first-order valence-electron chi connectivity index (χ1n) is 11.3. The number of aromatic nitrogens is 1. The smallest absolute Gasteiger partial charge is 0.244 e. The molecule has 1 N–H and O–H groups in total. The average Bonchev–Trinajstić information content (AvgIpc) is 2.90. The Labute approximate surface area is 207 Å². The zero-order valence-electron chi connectivity index (χ0n) is 20.1. The number of aryl methyl sites for hydroxylation is 1. The molecule has 184 valence electrons. The lowest BCUT2D eigenvalue weighted by Crippen LogP contribution is -2.24. The molecule has 0 spiro atoms. The molecule has 0 radical (unpaired) electrons. The fraction of sp³-hybridized carbons (Fsp3) is 0.179. The first-order valence-corrected chi connectivity index (χ1v) is 11.3. The molecule has 1 heterocycles. The molecule has 0 aliphatic heterocycles. The van der Waals surface area contributed by atoms with Gasteiger partial charge in [0.2, 0.25) is 11.3 Å². The van der Waals surface area contributed by atoms with Crippen LogP contribution >= 0.6 is 0 Å². The number of nitrogens with zero attached hydrogens (tertiary/aromatic N) is 1. The van der Waals surface area contributed by atoms with E-state index in [-0.39, 0.29) is 17.5 Å². The second-order valence-corrected chi connectivity index (χ2v) is 8.16. The fourth-order valence-corrected chi connectivity index (χ4v) is 3.96. The predicted molar refractivity (Wildman–Crippen MR) is 136 cm³/mol. The van der Waals surface area contributed by atoms with E-state index in [2.05, 4.69) is 5.32 Å². The summed E-state index contributed by atoms with van der Waals surface area (Å²) in [6, 6.07) is 15.6. The summed E-state index contributed by atoms with van der Waals surface area (Å²) >= 11 is 0. The van der Waals surface area contributed by atoms with Gasteiger partial charge < -0.3 is 19.4 Å². The Morgan fingerprint density at radius 1 is 0.972 bits per heavy atom. The second kappa shape index (κ2) is 10.4. The number of hydrogen-bond donors (Lipinski definition) is 1. The maximum Gasteiger partial charge on any atom is 0.244 e. The summed E-state index contributed by atoms with van der Waals surface area (Å²) in [5.41, 5.74) is 1.40. The second-order valence-electron chi connectivity index (χ2n) is 8.16. The number of ether oxygens (including phenoxy) is 2. The molecule has 1 aromatic heterocycles. The number of nitrogens with one attached hydrogen (secondary N) is 1. The van der Waals surface area contributed by atoms with Gasteiger partial charge in [0, 0.05) is 23.2 Å². The predicted octanol–water partition coefficient (Wildman–Crippen LogP) is 4.59. The van der Waals surface area contributed by atoms with Crippen LogP contribution in [-0.4, -0.2) is 30.5 Å². The van der Waals surface area contributed by atoms with Crippen molar-refractivity contribution in [2.45, 2.75) is 19.9 Å². The molecule has 8 heteroatoms. The molecule has 0 unspecified atom stereocenters. The molecule has 3 aromatic carbocycles. The Balaban J connectivity index is 1.72. The molecule has 0 saturated heterocycles. The van der Waals surface area contributed by atoms with Gasteiger partial charge in [0.15, 0.2) is 5.78 Å². The van der Waals surface area contributed by atoms with Crippen molar-refractivity contribution >= 4 is 28.3 Å². The summed E-state index contributed by atoms with van der Waals surface area (Å²) in [5.74, 6) is -0.581. The number of methoxy groups -OCH3 is 2. The molecule has 0 aliphatic rings. The molecule has 36 heavy (non-hydrogen) atoms. The Morgan fingerprint density at radius 2 is 1.72 bits per heavy atom. The SMILES string of the molecule is CCc1ccc(C(=O)c2cn(CC(=O)Nc3ccc(OC)cc3OC)c3ccc(F)cc3c2=O)cc1. The first kappa shape index (κ1) is 24.7. The van der Waals surface area contributed by atoms with Gasteiger partial charge in [0.05, 0.1) is 31.0 Å². The Morgan fingerprint density at radius 3 is 2.39 bits per heavy atom. The van der Waals surface area contributed by atoms with Gasteiger partial charge in [-0.05, 0) is 42.3 Å². The van der Waals surface area contributed by atoms with Gasteiger partial charge in [0.25, 0.3) is 0 Å². The van der Waals surface area contributed by atoms with Crippen molar-refractivity contribution in [1.82, 2.24) is 4.57 Å². The van der Waals surface area contributed by atoms with Crippen molar-refractivity contribution < 1.29 is 23.5 Å². The standard InChI is InChI=1S/C28H25FN2O5/c1-4-17-5-7-18(8-6-17)27(33)22-15-31(24-12-9-19(29)13-21(24)28(22)34)16-26(32)30-23-11-10-20(35-2)14-25(23)36-3/h5-15H,4,16H2,1-3H3,(H,30,32). The summed E-state index contributed by atoms with van der Waals surface area (Å²) in [6.07, 6.45) is 2.16. The van der Waals surface area contributed by atoms with Crippen molar-refractivity contribution in [3.63, 3.8) is 0 Å². The van der Waals surface area contributed by atoms with Gasteiger partial charge in [-0.2, -0.15) is 0 Å². The monoisotopic (exact) mass is 488 g/mol. The highest BCUT2D eigenvalue weighted by Crippen LogP contribution is 2.29. The lowest BCUT2D eigenvalue weighted by atomic mass is 10.0. The lowest BCUT2D eigenvalue weighted by Gasteiger charge is -2.15. The minimum Gasteiger partial charge on any atom is -0.497 e. The molecule has 4 aromatic rings. The summed E-state index contributed by atoms with van der Waals surface area (Å²) in [4.78, 5) is 39.4. The van der Waals surface area contributed by atoms with Crippen LogP contribution in [-0.2, 0) is 17.8 Å². The number of halogens is 1. The zero-order valence-corrected chi connectivity index (χ0v) is 20.1. The molecule has 0 bridgehead atoms. The van der Waals surface area contributed by atoms with Gasteiger partial charge in [-0.25, -0.2) is 4.39 Å². The molecule has 1 amide bonds. The summed E-state index contributed by atoms with van der Waals surface area (Å²) in [6.45, 7) is 1.77. The van der Waals surface area contributed by atoms with Crippen LogP contribution in [0.4, 0.5) is 10.1 Å². The molecule has 0 saturated carbocycles. The topological polar surface area (TPSA) is 86.6 Å². The summed E-state index contributed by atoms with van der Waals surface area (Å²) in [7, 11) is 2.99. The maximum absolute atomic E-state index is 14.0. The van der Waals surface area contributed by atoms with E-state index in [1.54, 1.807) is 30.3 Å². The molecule has 4 rings (SSSR count). The van der Waals surface area contributed by atoms with Crippen LogP contribution in [0.1, 0.15) is 28.4 Å². The van der Waals surface area contributed by atoms with Crippen LogP contribution < -0.4 is 20.2 Å². The van der Waals surface area contributed by atoms with E-state index >= 15 is 0 Å². The number of benzene rings is 3. The average molecular weight is 489 g/mol. The quantitative estimate of drug-likeness (QED) is 0.367. The largest absolute Gasteiger partial charge is 0.497 e. The lowest BCUT2D eigenvalue weighted by molar-refractivity contribution is -0.116. The van der Waals surface area contributed by atoms with Crippen molar-refractivity contribution in [1.29, 1.82) is 0 Å². The molecule has 7 nitrogen and oxygen atoms in total. The molecular weight excluding hydrogens is 463 g/mol. The third-order valence-corrected chi connectivity index (χ3v) is 5.91. The third-order valence-electron chi connectivity index (χ3n) is 5.91. The normalized spacial score (nSPS) is 10.8. The van der Waals surface area contributed by atoms with Crippen molar-refractivity contribution in [2.24, 2.45) is 0 Å². The fourth-order valence-electron chi connectivity index (χ4n) is 3.96. The summed E-state index contributed by atoms with van der Waals surface area (Å²) in [5, 5.41) is 2.78. The Bertz CT molecular complexity index is 1510. The number of hydrogen-bond acceptors (Lipinski definition) is 5. The van der Waals surface area contributed by atoms with E-state index in [1.165, 1.54) is 37.1 Å². The van der Waals surface area contributed by atoms with Crippen molar-refractivity contribution in [2.75, 3.05) is 19.5 Å². The minimum atomic E-state index is -0.615. The first-order chi connectivity index (χ1) is 17.3. The van der Waals surface area contributed by atoms with E-state index in [1.807, 2.05) is 19.1 Å². The van der Waals surface area contributed by atoms with E-state index in [0.717, 1.165) is 18.1 Å². The van der Waals surface area contributed by atoms with Gasteiger partial charge in [-0.1, -0.05) is 31.2 Å². The number of ketones is 1. The highest BCUT2D eigenvalue weighted by Gasteiger charge is 2.19. The van der Waals surface area contributed by atoms with E-state index < -0.39 is 22.9 Å². The van der Waals surface area contributed by atoms with E-state index in [4.69, 9.17) is 9.47 Å². The number of rotatable bonds is 8. The van der Waals surface area contributed by atoms with Crippen LogP contribution in [0.3, 0.4) is 0 Å².